The number of hydrogen-bond donors (Lipinski definition) is 0. The van der Waals surface area contributed by atoms with E-state index in [1.807, 2.05) is 26.0 Å². The SMILES string of the molecule is CC(C)(C)OC(=O)c1ccc(C(=O)[O-])c(C2=C3C=CC(=[N+]4CC(F)(F)C4)C=C3C(C)(C)c3cc(N4CC(F)(F)C4)ccc32)c1. The van der Waals surface area contributed by atoms with Crippen LogP contribution in [0.1, 0.15) is 72.0 Å². The molecule has 0 atom stereocenters. The first-order valence-corrected chi connectivity index (χ1v) is 14.4. The number of rotatable bonds is 4. The van der Waals surface area contributed by atoms with Crippen LogP contribution in [0.2, 0.25) is 0 Å². The van der Waals surface area contributed by atoms with Crippen LogP contribution >= 0.6 is 0 Å². The molecule has 0 amide bonds. The fourth-order valence-corrected chi connectivity index (χ4v) is 6.29. The molecule has 0 unspecified atom stereocenters. The summed E-state index contributed by atoms with van der Waals surface area (Å²) < 4.78 is 62.2. The maximum atomic E-state index is 13.8. The number of carboxylic acids is 1. The quantitative estimate of drug-likeness (QED) is 0.273. The monoisotopic (exact) mass is 608 g/mol. The largest absolute Gasteiger partial charge is 0.545 e. The van der Waals surface area contributed by atoms with Crippen molar-refractivity contribution in [2.75, 3.05) is 31.1 Å². The van der Waals surface area contributed by atoms with E-state index in [0.717, 1.165) is 11.1 Å². The van der Waals surface area contributed by atoms with Crippen molar-refractivity contribution in [3.63, 3.8) is 0 Å². The predicted molar refractivity (Wildman–Crippen MR) is 156 cm³/mol. The molecule has 2 aliphatic carbocycles. The minimum Gasteiger partial charge on any atom is -0.545 e. The van der Waals surface area contributed by atoms with Crippen LogP contribution in [-0.4, -0.2) is 65.9 Å². The Bertz CT molecular complexity index is 1740. The lowest BCUT2D eigenvalue weighted by atomic mass is 9.64. The van der Waals surface area contributed by atoms with E-state index >= 15 is 0 Å². The summed E-state index contributed by atoms with van der Waals surface area (Å²) in [5.74, 6) is -7.65. The molecular weight excluding hydrogens is 576 g/mol. The molecule has 2 heterocycles. The van der Waals surface area contributed by atoms with E-state index in [1.54, 1.807) is 54.5 Å². The highest BCUT2D eigenvalue weighted by Gasteiger charge is 2.51. The number of aromatic carboxylic acids is 1. The Labute approximate surface area is 252 Å². The molecule has 0 saturated carbocycles. The maximum absolute atomic E-state index is 13.8. The van der Waals surface area contributed by atoms with Crippen LogP contribution in [0, 0.1) is 0 Å². The summed E-state index contributed by atoms with van der Waals surface area (Å²) in [6.07, 6.45) is 5.33. The number of benzene rings is 2. The third kappa shape index (κ3) is 5.14. The topological polar surface area (TPSA) is 72.7 Å². The lowest BCUT2D eigenvalue weighted by Gasteiger charge is -2.43. The molecule has 44 heavy (non-hydrogen) atoms. The molecule has 0 N–H and O–H groups in total. The van der Waals surface area contributed by atoms with Gasteiger partial charge in [-0.1, -0.05) is 26.0 Å². The molecule has 0 radical (unpaired) electrons. The first kappa shape index (κ1) is 29.8. The molecule has 2 fully saturated rings. The lowest BCUT2D eigenvalue weighted by Crippen LogP contribution is -2.56. The van der Waals surface area contributed by atoms with Gasteiger partial charge >= 0.3 is 11.9 Å². The number of carbonyl (C=O) groups is 2. The normalized spacial score (nSPS) is 21.1. The van der Waals surface area contributed by atoms with Crippen LogP contribution < -0.4 is 10.0 Å². The predicted octanol–water partition coefficient (Wildman–Crippen LogP) is 5.15. The van der Waals surface area contributed by atoms with E-state index in [0.29, 0.717) is 28.1 Å². The maximum Gasteiger partial charge on any atom is 0.361 e. The van der Waals surface area contributed by atoms with Gasteiger partial charge in [0, 0.05) is 28.8 Å². The number of esters is 1. The summed E-state index contributed by atoms with van der Waals surface area (Å²) in [6.45, 7) is 7.43. The van der Waals surface area contributed by atoms with Gasteiger partial charge in [0.1, 0.15) is 5.60 Å². The molecule has 230 valence electrons. The lowest BCUT2D eigenvalue weighted by molar-refractivity contribution is -0.638. The number of carboxylic acid groups (broad SMARTS) is 1. The minimum atomic E-state index is -2.78. The summed E-state index contributed by atoms with van der Waals surface area (Å²) in [7, 11) is 0. The second-order valence-electron chi connectivity index (χ2n) is 13.4. The Morgan fingerprint density at radius 1 is 0.932 bits per heavy atom. The molecule has 4 aliphatic rings. The van der Waals surface area contributed by atoms with Gasteiger partial charge in [0.2, 0.25) is 18.8 Å². The molecule has 2 saturated heterocycles. The fourth-order valence-electron chi connectivity index (χ4n) is 6.29. The van der Waals surface area contributed by atoms with Crippen molar-refractivity contribution < 1.29 is 41.6 Å². The van der Waals surface area contributed by atoms with Gasteiger partial charge < -0.3 is 19.5 Å². The summed E-state index contributed by atoms with van der Waals surface area (Å²) in [5, 5.41) is 12.4. The highest BCUT2D eigenvalue weighted by Crippen LogP contribution is 2.51. The summed E-state index contributed by atoms with van der Waals surface area (Å²) in [5.41, 5.74) is 3.16. The Morgan fingerprint density at radius 2 is 1.61 bits per heavy atom. The van der Waals surface area contributed by atoms with Crippen molar-refractivity contribution in [3.8, 4) is 0 Å². The van der Waals surface area contributed by atoms with Gasteiger partial charge in [-0.2, -0.15) is 8.78 Å². The number of carbonyl (C=O) groups excluding carboxylic acids is 2. The summed E-state index contributed by atoms with van der Waals surface area (Å²) >= 11 is 0. The number of ether oxygens (including phenoxy) is 1. The first-order chi connectivity index (χ1) is 20.4. The van der Waals surface area contributed by atoms with Crippen molar-refractivity contribution in [1.82, 2.24) is 0 Å². The summed E-state index contributed by atoms with van der Waals surface area (Å²) in [6, 6.07) is 9.48. The number of allylic oxidation sites excluding steroid dienone is 5. The minimum absolute atomic E-state index is 0.138. The van der Waals surface area contributed by atoms with Gasteiger partial charge in [-0.25, -0.2) is 18.2 Å². The van der Waals surface area contributed by atoms with Gasteiger partial charge in [0.25, 0.3) is 5.92 Å². The Balaban J connectivity index is 1.58. The molecule has 10 heteroatoms. The van der Waals surface area contributed by atoms with Crippen molar-refractivity contribution in [2.24, 2.45) is 0 Å². The van der Waals surface area contributed by atoms with E-state index in [-0.39, 0.29) is 16.7 Å². The van der Waals surface area contributed by atoms with Crippen LogP contribution in [0.5, 0.6) is 0 Å². The molecular formula is C34H32F4N2O4. The van der Waals surface area contributed by atoms with Gasteiger partial charge in [0.05, 0.1) is 24.6 Å². The molecule has 0 aromatic heterocycles. The van der Waals surface area contributed by atoms with Crippen molar-refractivity contribution in [2.45, 2.75) is 57.5 Å². The van der Waals surface area contributed by atoms with Gasteiger partial charge in [-0.3, -0.25) is 0 Å². The molecule has 6 nitrogen and oxygen atoms in total. The van der Waals surface area contributed by atoms with Crippen LogP contribution in [0.4, 0.5) is 23.2 Å². The Morgan fingerprint density at radius 3 is 2.20 bits per heavy atom. The van der Waals surface area contributed by atoms with Crippen LogP contribution in [0.25, 0.3) is 5.57 Å². The smallest absolute Gasteiger partial charge is 0.361 e. The van der Waals surface area contributed by atoms with Gasteiger partial charge in [-0.15, -0.1) is 0 Å². The molecule has 0 spiro atoms. The van der Waals surface area contributed by atoms with Gasteiger partial charge in [0.15, 0.2) is 0 Å². The van der Waals surface area contributed by atoms with Gasteiger partial charge in [-0.05, 0) is 84.5 Å². The molecule has 2 aromatic carbocycles. The Hall–Kier alpha value is -4.21. The number of alkyl halides is 4. The highest BCUT2D eigenvalue weighted by molar-refractivity contribution is 6.08. The van der Waals surface area contributed by atoms with Crippen molar-refractivity contribution in [1.29, 1.82) is 0 Å². The average Bonchev–Trinajstić information content (AvgIpc) is 2.89. The van der Waals surface area contributed by atoms with Crippen molar-refractivity contribution in [3.05, 3.63) is 93.6 Å². The fraction of sp³-hybridized carbons (Fsp3) is 0.382. The number of anilines is 1. The average molecular weight is 609 g/mol. The zero-order valence-electron chi connectivity index (χ0n) is 25.1. The number of nitrogens with zero attached hydrogens (tertiary/aromatic N) is 2. The number of fused-ring (bicyclic) bond motifs is 2. The second kappa shape index (κ2) is 9.64. The second-order valence-corrected chi connectivity index (χ2v) is 13.4. The van der Waals surface area contributed by atoms with E-state index in [1.165, 1.54) is 18.2 Å². The molecule has 2 aliphatic heterocycles. The van der Waals surface area contributed by atoms with Crippen LogP contribution in [0.15, 0.2) is 65.8 Å². The van der Waals surface area contributed by atoms with Crippen LogP contribution in [0.3, 0.4) is 0 Å². The van der Waals surface area contributed by atoms with E-state index in [2.05, 4.69) is 0 Å². The van der Waals surface area contributed by atoms with E-state index in [9.17, 15) is 32.3 Å². The highest BCUT2D eigenvalue weighted by atomic mass is 19.3. The molecule has 0 bridgehead atoms. The Kier molecular flexibility index (Phi) is 6.54. The van der Waals surface area contributed by atoms with Crippen molar-refractivity contribution >= 4 is 28.9 Å². The zero-order valence-corrected chi connectivity index (χ0v) is 25.1. The zero-order chi connectivity index (χ0) is 32.0. The first-order valence-electron chi connectivity index (χ1n) is 14.4. The third-order valence-corrected chi connectivity index (χ3v) is 8.45. The van der Waals surface area contributed by atoms with E-state index < -0.39 is 61.0 Å². The van der Waals surface area contributed by atoms with Crippen LogP contribution in [-0.2, 0) is 10.2 Å². The summed E-state index contributed by atoms with van der Waals surface area (Å²) in [4.78, 5) is 27.1. The number of hydrogen-bond acceptors (Lipinski definition) is 5. The third-order valence-electron chi connectivity index (χ3n) is 8.45. The molecule has 2 aromatic rings. The number of halogens is 4. The standard InChI is InChI=1S/C34H32F4N2O4/c1-31(2,3)44-30(43)19-6-9-22(29(41)42)25(12-19)28-23-10-7-20(39-15-33(35,36)16-39)13-26(23)32(4,5)27-14-21(8-11-24(27)28)40-17-34(37,38)18-40/h6-14H,15-18H2,1-5H3. The van der Waals surface area contributed by atoms with E-state index in [4.69, 9.17) is 4.74 Å². The molecule has 6 rings (SSSR count).